The molecule has 2 aromatic rings. The quantitative estimate of drug-likeness (QED) is 0.751. The summed E-state index contributed by atoms with van der Waals surface area (Å²) in [7, 11) is 1.67. The van der Waals surface area contributed by atoms with Gasteiger partial charge in [-0.1, -0.05) is 36.9 Å². The highest BCUT2D eigenvalue weighted by atomic mass is 32.2. The Morgan fingerprint density at radius 2 is 2.00 bits per heavy atom. The molecule has 0 unspecified atom stereocenters. The van der Waals surface area contributed by atoms with Crippen molar-refractivity contribution in [3.63, 3.8) is 0 Å². The monoisotopic (exact) mass is 263 g/mol. The van der Waals surface area contributed by atoms with Crippen LogP contribution in [0.25, 0.3) is 5.69 Å². The van der Waals surface area contributed by atoms with Crippen molar-refractivity contribution in [3.05, 3.63) is 36.2 Å². The number of rotatable bonds is 6. The minimum Gasteiger partial charge on any atom is -0.377 e. The lowest BCUT2D eigenvalue weighted by atomic mass is 10.3. The molecule has 0 atom stereocenters. The van der Waals surface area contributed by atoms with Gasteiger partial charge in [0.15, 0.2) is 11.0 Å². The first kappa shape index (κ1) is 13.1. The maximum absolute atomic E-state index is 5.18. The predicted molar refractivity (Wildman–Crippen MR) is 73.1 cm³/mol. The second-order valence-electron chi connectivity index (χ2n) is 3.85. The Morgan fingerprint density at radius 1 is 1.22 bits per heavy atom. The molecule has 2 rings (SSSR count). The largest absolute Gasteiger partial charge is 0.377 e. The summed E-state index contributed by atoms with van der Waals surface area (Å²) in [6.45, 7) is 2.63. The molecule has 5 heteroatoms. The zero-order valence-electron chi connectivity index (χ0n) is 10.7. The lowest BCUT2D eigenvalue weighted by molar-refractivity contribution is 0.176. The molecule has 18 heavy (non-hydrogen) atoms. The molecule has 0 aliphatic rings. The number of hydrogen-bond donors (Lipinski definition) is 0. The number of thioether (sulfide) groups is 1. The Morgan fingerprint density at radius 3 is 2.67 bits per heavy atom. The average molecular weight is 263 g/mol. The normalized spacial score (nSPS) is 10.8. The number of para-hydroxylation sites is 1. The molecular weight excluding hydrogens is 246 g/mol. The van der Waals surface area contributed by atoms with Crippen molar-refractivity contribution in [1.29, 1.82) is 0 Å². The summed E-state index contributed by atoms with van der Waals surface area (Å²) >= 11 is 1.72. The average Bonchev–Trinajstić information content (AvgIpc) is 2.81. The Kier molecular flexibility index (Phi) is 4.78. The number of ether oxygens (including phenoxy) is 1. The fraction of sp³-hybridized carbons (Fsp3) is 0.385. The molecule has 0 saturated heterocycles. The van der Waals surface area contributed by atoms with E-state index >= 15 is 0 Å². The highest BCUT2D eigenvalue weighted by molar-refractivity contribution is 7.99. The fourth-order valence-electron chi connectivity index (χ4n) is 1.65. The molecule has 0 fully saturated rings. The summed E-state index contributed by atoms with van der Waals surface area (Å²) in [6.07, 6.45) is 1.12. The van der Waals surface area contributed by atoms with Crippen molar-refractivity contribution in [2.75, 3.05) is 12.9 Å². The SMILES string of the molecule is CCCSc1nnc(COC)n1-c1ccccc1. The molecule has 0 N–H and O–H groups in total. The maximum atomic E-state index is 5.18. The predicted octanol–water partition coefficient (Wildman–Crippen LogP) is 2.92. The first-order valence-corrected chi connectivity index (χ1v) is 6.96. The number of hydrogen-bond acceptors (Lipinski definition) is 4. The number of benzene rings is 1. The first-order valence-electron chi connectivity index (χ1n) is 5.98. The minimum absolute atomic E-state index is 0.467. The van der Waals surface area contributed by atoms with Crippen LogP contribution in [0.15, 0.2) is 35.5 Å². The van der Waals surface area contributed by atoms with Gasteiger partial charge in [0.2, 0.25) is 0 Å². The molecule has 0 spiro atoms. The minimum atomic E-state index is 0.467. The molecular formula is C13H17N3OS. The van der Waals surface area contributed by atoms with Gasteiger partial charge in [0.05, 0.1) is 0 Å². The standard InChI is InChI=1S/C13H17N3OS/c1-3-9-18-13-15-14-12(10-17-2)16(13)11-7-5-4-6-8-11/h4-8H,3,9-10H2,1-2H3. The zero-order chi connectivity index (χ0) is 12.8. The van der Waals surface area contributed by atoms with Crippen LogP contribution < -0.4 is 0 Å². The van der Waals surface area contributed by atoms with Crippen LogP contribution in [-0.2, 0) is 11.3 Å². The van der Waals surface area contributed by atoms with Crippen molar-refractivity contribution in [2.24, 2.45) is 0 Å². The summed E-state index contributed by atoms with van der Waals surface area (Å²) in [5, 5.41) is 9.37. The third-order valence-corrected chi connectivity index (χ3v) is 3.56. The Balaban J connectivity index is 2.37. The third kappa shape index (κ3) is 2.91. The second-order valence-corrected chi connectivity index (χ2v) is 4.91. The van der Waals surface area contributed by atoms with Gasteiger partial charge in [-0.2, -0.15) is 0 Å². The molecule has 96 valence electrons. The van der Waals surface area contributed by atoms with Gasteiger partial charge in [-0.15, -0.1) is 10.2 Å². The molecule has 0 bridgehead atoms. The van der Waals surface area contributed by atoms with Crippen molar-refractivity contribution in [3.8, 4) is 5.69 Å². The lowest BCUT2D eigenvalue weighted by Gasteiger charge is -2.09. The van der Waals surface area contributed by atoms with Gasteiger partial charge in [0, 0.05) is 18.6 Å². The summed E-state index contributed by atoms with van der Waals surface area (Å²) in [6, 6.07) is 10.1. The van der Waals surface area contributed by atoms with E-state index < -0.39 is 0 Å². The molecule has 0 aliphatic heterocycles. The van der Waals surface area contributed by atoms with E-state index in [1.807, 2.05) is 18.2 Å². The van der Waals surface area contributed by atoms with Crippen LogP contribution in [0.2, 0.25) is 0 Å². The van der Waals surface area contributed by atoms with Gasteiger partial charge in [0.1, 0.15) is 6.61 Å². The van der Waals surface area contributed by atoms with Crippen LogP contribution in [0.3, 0.4) is 0 Å². The van der Waals surface area contributed by atoms with Crippen LogP contribution in [0.4, 0.5) is 0 Å². The summed E-state index contributed by atoms with van der Waals surface area (Å²) < 4.78 is 7.23. The van der Waals surface area contributed by atoms with Gasteiger partial charge in [0.25, 0.3) is 0 Å². The maximum Gasteiger partial charge on any atom is 0.195 e. The highest BCUT2D eigenvalue weighted by Gasteiger charge is 2.13. The van der Waals surface area contributed by atoms with Crippen molar-refractivity contribution in [1.82, 2.24) is 14.8 Å². The molecule has 1 heterocycles. The van der Waals surface area contributed by atoms with E-state index in [1.165, 1.54) is 0 Å². The topological polar surface area (TPSA) is 39.9 Å². The van der Waals surface area contributed by atoms with E-state index in [-0.39, 0.29) is 0 Å². The number of aromatic nitrogens is 3. The Hall–Kier alpha value is -1.33. The van der Waals surface area contributed by atoms with Crippen LogP contribution in [-0.4, -0.2) is 27.6 Å². The summed E-state index contributed by atoms with van der Waals surface area (Å²) in [5.74, 6) is 1.88. The smallest absolute Gasteiger partial charge is 0.195 e. The Labute approximate surface area is 111 Å². The van der Waals surface area contributed by atoms with E-state index in [9.17, 15) is 0 Å². The second kappa shape index (κ2) is 6.56. The molecule has 4 nitrogen and oxygen atoms in total. The van der Waals surface area contributed by atoms with E-state index in [4.69, 9.17) is 4.74 Å². The van der Waals surface area contributed by atoms with Crippen molar-refractivity contribution < 1.29 is 4.74 Å². The molecule has 1 aromatic carbocycles. The summed E-state index contributed by atoms with van der Waals surface area (Å²) in [4.78, 5) is 0. The molecule has 1 aromatic heterocycles. The third-order valence-electron chi connectivity index (χ3n) is 2.42. The first-order chi connectivity index (χ1) is 8.86. The molecule has 0 amide bonds. The van der Waals surface area contributed by atoms with Gasteiger partial charge in [-0.3, -0.25) is 4.57 Å². The fourth-order valence-corrected chi connectivity index (χ4v) is 2.47. The zero-order valence-corrected chi connectivity index (χ0v) is 11.5. The van der Waals surface area contributed by atoms with Gasteiger partial charge < -0.3 is 4.74 Å². The van der Waals surface area contributed by atoms with Crippen LogP contribution in [0, 0.1) is 0 Å². The van der Waals surface area contributed by atoms with Gasteiger partial charge in [-0.25, -0.2) is 0 Å². The van der Waals surface area contributed by atoms with Crippen molar-refractivity contribution >= 4 is 11.8 Å². The van der Waals surface area contributed by atoms with E-state index in [0.29, 0.717) is 6.61 Å². The van der Waals surface area contributed by atoms with Gasteiger partial charge in [-0.05, 0) is 18.6 Å². The van der Waals surface area contributed by atoms with Crippen LogP contribution >= 0.6 is 11.8 Å². The van der Waals surface area contributed by atoms with Gasteiger partial charge >= 0.3 is 0 Å². The molecule has 0 radical (unpaired) electrons. The number of nitrogens with zero attached hydrogens (tertiary/aromatic N) is 3. The number of methoxy groups -OCH3 is 1. The summed E-state index contributed by atoms with van der Waals surface area (Å²) in [5.41, 5.74) is 1.08. The van der Waals surface area contributed by atoms with E-state index in [2.05, 4.69) is 33.8 Å². The molecule has 0 aliphatic carbocycles. The van der Waals surface area contributed by atoms with Crippen molar-refractivity contribution in [2.45, 2.75) is 25.1 Å². The lowest BCUT2D eigenvalue weighted by Crippen LogP contribution is -2.03. The van der Waals surface area contributed by atoms with E-state index in [0.717, 1.165) is 28.8 Å². The molecule has 0 saturated carbocycles. The van der Waals surface area contributed by atoms with Crippen LogP contribution in [0.1, 0.15) is 19.2 Å². The Bertz CT molecular complexity index is 484. The van der Waals surface area contributed by atoms with E-state index in [1.54, 1.807) is 18.9 Å². The highest BCUT2D eigenvalue weighted by Crippen LogP contribution is 2.22. The van der Waals surface area contributed by atoms with Crippen LogP contribution in [0.5, 0.6) is 0 Å².